The number of hydrogen-bond acceptors (Lipinski definition) is 7. The van der Waals surface area contributed by atoms with E-state index < -0.39 is 5.91 Å². The van der Waals surface area contributed by atoms with Crippen molar-refractivity contribution < 1.29 is 9.59 Å². The van der Waals surface area contributed by atoms with E-state index in [9.17, 15) is 9.59 Å². The number of nitrogens with one attached hydrogen (secondary N) is 1. The first-order valence-electron chi connectivity index (χ1n) is 10.9. The predicted molar refractivity (Wildman–Crippen MR) is 131 cm³/mol. The van der Waals surface area contributed by atoms with Crippen molar-refractivity contribution >= 4 is 40.9 Å². The number of aryl methyl sites for hydroxylation is 1. The van der Waals surface area contributed by atoms with E-state index in [1.54, 1.807) is 65.6 Å². The third kappa shape index (κ3) is 4.43. The minimum atomic E-state index is -0.621. The second kappa shape index (κ2) is 9.15. The Balaban J connectivity index is 1.47. The lowest BCUT2D eigenvalue weighted by Gasteiger charge is -2.20. The lowest BCUT2D eigenvalue weighted by atomic mass is 10.00. The van der Waals surface area contributed by atoms with Gasteiger partial charge in [-0.1, -0.05) is 17.7 Å². The Labute approximate surface area is 205 Å². The van der Waals surface area contributed by atoms with E-state index in [1.807, 2.05) is 6.07 Å². The summed E-state index contributed by atoms with van der Waals surface area (Å²) in [7, 11) is 1.81. The molecule has 0 aliphatic carbocycles. The molecule has 2 amide bonds. The highest BCUT2D eigenvalue weighted by molar-refractivity contribution is 6.30. The van der Waals surface area contributed by atoms with Crippen LogP contribution in [0.4, 0.5) is 17.5 Å². The maximum absolute atomic E-state index is 13.1. The highest BCUT2D eigenvalue weighted by Crippen LogP contribution is 2.36. The van der Waals surface area contributed by atoms with Crippen LogP contribution in [0.1, 0.15) is 21.5 Å². The summed E-state index contributed by atoms with van der Waals surface area (Å²) >= 11 is 6.13. The van der Waals surface area contributed by atoms with Gasteiger partial charge in [-0.2, -0.15) is 5.10 Å². The van der Waals surface area contributed by atoms with Crippen molar-refractivity contribution in [1.82, 2.24) is 24.7 Å². The number of aromatic nitrogens is 5. The Bertz CT molecular complexity index is 1450. The SMILES string of the molecule is Cn1nccc1Nc1nccc(-c2cc3c(c(C(N)=O)c2)N(C(=O)Cc2cccnc2Cl)CC3)n1. The van der Waals surface area contributed by atoms with Gasteiger partial charge in [0.25, 0.3) is 5.91 Å². The first-order chi connectivity index (χ1) is 16.9. The van der Waals surface area contributed by atoms with E-state index in [4.69, 9.17) is 17.3 Å². The zero-order valence-electron chi connectivity index (χ0n) is 18.8. The molecule has 11 heteroatoms. The van der Waals surface area contributed by atoms with E-state index in [-0.39, 0.29) is 23.0 Å². The highest BCUT2D eigenvalue weighted by atomic mass is 35.5. The van der Waals surface area contributed by atoms with Crippen LogP contribution >= 0.6 is 11.6 Å². The molecule has 1 aromatic carbocycles. The van der Waals surface area contributed by atoms with Crippen LogP contribution in [0.5, 0.6) is 0 Å². The quantitative estimate of drug-likeness (QED) is 0.399. The second-order valence-corrected chi connectivity index (χ2v) is 8.41. The fraction of sp³-hybridized carbons (Fsp3) is 0.167. The number of fused-ring (bicyclic) bond motifs is 1. The molecule has 0 unspecified atom stereocenters. The standard InChI is InChI=1S/C24H21ClN8O2/c1-32-19(5-9-29-32)31-24-28-8-4-18(30-24)16-11-14-6-10-33(21(14)17(12-16)23(26)35)20(34)13-15-3-2-7-27-22(15)25/h2-5,7-9,11-12H,6,10,13H2,1H3,(H2,26,35)(H,28,30,31). The van der Waals surface area contributed by atoms with Crippen LogP contribution in [0, 0.1) is 0 Å². The van der Waals surface area contributed by atoms with Gasteiger partial charge < -0.3 is 16.0 Å². The summed E-state index contributed by atoms with van der Waals surface area (Å²) in [5, 5.41) is 7.52. The molecule has 5 rings (SSSR count). The van der Waals surface area contributed by atoms with E-state index in [0.29, 0.717) is 41.4 Å². The van der Waals surface area contributed by atoms with Gasteiger partial charge in [0.15, 0.2) is 0 Å². The third-order valence-corrected chi connectivity index (χ3v) is 6.16. The van der Waals surface area contributed by atoms with Gasteiger partial charge in [0, 0.05) is 37.6 Å². The molecule has 4 aromatic rings. The molecule has 3 N–H and O–H groups in total. The molecule has 0 saturated carbocycles. The lowest BCUT2D eigenvalue weighted by molar-refractivity contribution is -0.117. The van der Waals surface area contributed by atoms with Gasteiger partial charge in [-0.15, -0.1) is 0 Å². The minimum absolute atomic E-state index is 0.0705. The highest BCUT2D eigenvalue weighted by Gasteiger charge is 2.30. The van der Waals surface area contributed by atoms with Crippen molar-refractivity contribution in [3.63, 3.8) is 0 Å². The van der Waals surface area contributed by atoms with E-state index in [1.165, 1.54) is 0 Å². The van der Waals surface area contributed by atoms with Crippen molar-refractivity contribution in [2.75, 3.05) is 16.8 Å². The number of carbonyl (C=O) groups is 2. The number of rotatable bonds is 6. The topological polar surface area (TPSA) is 132 Å². The second-order valence-electron chi connectivity index (χ2n) is 8.05. The van der Waals surface area contributed by atoms with Crippen molar-refractivity contribution in [2.45, 2.75) is 12.8 Å². The minimum Gasteiger partial charge on any atom is -0.366 e. The van der Waals surface area contributed by atoms with Crippen molar-refractivity contribution in [2.24, 2.45) is 12.8 Å². The number of halogens is 1. The third-order valence-electron chi connectivity index (χ3n) is 5.82. The Morgan fingerprint density at radius 3 is 2.74 bits per heavy atom. The summed E-state index contributed by atoms with van der Waals surface area (Å²) in [4.78, 5) is 40.1. The van der Waals surface area contributed by atoms with E-state index in [0.717, 1.165) is 11.4 Å². The Hall–Kier alpha value is -4.31. The molecule has 0 fully saturated rings. The van der Waals surface area contributed by atoms with Gasteiger partial charge in [0.05, 0.1) is 29.6 Å². The van der Waals surface area contributed by atoms with Gasteiger partial charge in [0.2, 0.25) is 11.9 Å². The molecule has 1 aliphatic heterocycles. The van der Waals surface area contributed by atoms with Gasteiger partial charge in [-0.3, -0.25) is 14.3 Å². The van der Waals surface area contributed by atoms with Crippen LogP contribution in [0.2, 0.25) is 5.15 Å². The van der Waals surface area contributed by atoms with Crippen LogP contribution in [0.25, 0.3) is 11.3 Å². The molecule has 0 atom stereocenters. The van der Waals surface area contributed by atoms with Gasteiger partial charge in [-0.05, 0) is 41.8 Å². The molecule has 176 valence electrons. The summed E-state index contributed by atoms with van der Waals surface area (Å²) in [6.45, 7) is 0.437. The van der Waals surface area contributed by atoms with Crippen LogP contribution in [0.15, 0.2) is 55.0 Å². The lowest BCUT2D eigenvalue weighted by Crippen LogP contribution is -2.32. The maximum Gasteiger partial charge on any atom is 0.250 e. The fourth-order valence-electron chi connectivity index (χ4n) is 4.13. The number of pyridine rings is 1. The number of hydrogen-bond donors (Lipinski definition) is 2. The van der Waals surface area contributed by atoms with Gasteiger partial charge >= 0.3 is 0 Å². The summed E-state index contributed by atoms with van der Waals surface area (Å²) in [6.07, 6.45) is 5.52. The zero-order valence-corrected chi connectivity index (χ0v) is 19.5. The average Bonchev–Trinajstić information content (AvgIpc) is 3.46. The number of anilines is 3. The van der Waals surface area contributed by atoms with E-state index in [2.05, 4.69) is 25.4 Å². The van der Waals surface area contributed by atoms with Crippen LogP contribution < -0.4 is 16.0 Å². The molecular weight excluding hydrogens is 468 g/mol. The number of nitrogens with zero attached hydrogens (tertiary/aromatic N) is 6. The monoisotopic (exact) mass is 488 g/mol. The normalized spacial score (nSPS) is 12.5. The van der Waals surface area contributed by atoms with E-state index >= 15 is 0 Å². The molecule has 0 saturated heterocycles. The van der Waals surface area contributed by atoms with Crippen LogP contribution in [0.3, 0.4) is 0 Å². The van der Waals surface area contributed by atoms with Crippen molar-refractivity contribution in [3.05, 3.63) is 76.8 Å². The first kappa shape index (κ1) is 22.5. The van der Waals surface area contributed by atoms with Crippen molar-refractivity contribution in [1.29, 1.82) is 0 Å². The molecule has 0 radical (unpaired) electrons. The Kier molecular flexibility index (Phi) is 5.87. The summed E-state index contributed by atoms with van der Waals surface area (Å²) in [5.41, 5.74) is 9.34. The number of nitrogens with two attached hydrogens (primary N) is 1. The van der Waals surface area contributed by atoms with Crippen LogP contribution in [-0.2, 0) is 24.7 Å². The summed E-state index contributed by atoms with van der Waals surface area (Å²) < 4.78 is 1.67. The summed E-state index contributed by atoms with van der Waals surface area (Å²) in [6, 6.07) is 10.6. The smallest absolute Gasteiger partial charge is 0.250 e. The molecule has 3 aromatic heterocycles. The maximum atomic E-state index is 13.1. The number of amides is 2. The molecule has 0 bridgehead atoms. The fourth-order valence-corrected chi connectivity index (χ4v) is 4.32. The predicted octanol–water partition coefficient (Wildman–Crippen LogP) is 2.90. The molecule has 35 heavy (non-hydrogen) atoms. The molecule has 10 nitrogen and oxygen atoms in total. The summed E-state index contributed by atoms with van der Waals surface area (Å²) in [5.74, 6) is 0.317. The largest absolute Gasteiger partial charge is 0.366 e. The Morgan fingerprint density at radius 1 is 1.14 bits per heavy atom. The van der Waals surface area contributed by atoms with Gasteiger partial charge in [-0.25, -0.2) is 15.0 Å². The number of benzene rings is 1. The van der Waals surface area contributed by atoms with Crippen LogP contribution in [-0.4, -0.2) is 43.1 Å². The van der Waals surface area contributed by atoms with Crippen molar-refractivity contribution in [3.8, 4) is 11.3 Å². The molecular formula is C24H21ClN8O2. The Morgan fingerprint density at radius 2 is 2.00 bits per heavy atom. The molecule has 4 heterocycles. The number of primary amides is 1. The number of carbonyl (C=O) groups excluding carboxylic acids is 2. The van der Waals surface area contributed by atoms with Gasteiger partial charge in [0.1, 0.15) is 11.0 Å². The molecule has 1 aliphatic rings. The zero-order chi connectivity index (χ0) is 24.5. The first-order valence-corrected chi connectivity index (χ1v) is 11.2. The molecule has 0 spiro atoms. The average molecular weight is 489 g/mol.